The number of hydrogen-bond donors (Lipinski definition) is 1. The SMILES string of the molecule is CCN(CC)c1cc(-c2ccc(NC(C)=O)s2)ncn1.Cl. The van der Waals surface area contributed by atoms with Crippen molar-refractivity contribution >= 4 is 40.5 Å². The first-order valence-corrected chi connectivity index (χ1v) is 7.40. The van der Waals surface area contributed by atoms with Crippen LogP contribution in [-0.4, -0.2) is 29.0 Å². The minimum Gasteiger partial charge on any atom is -0.357 e. The Kier molecular flexibility index (Phi) is 6.58. The Morgan fingerprint density at radius 1 is 1.29 bits per heavy atom. The van der Waals surface area contributed by atoms with Gasteiger partial charge in [-0.1, -0.05) is 0 Å². The van der Waals surface area contributed by atoms with Gasteiger partial charge in [-0.3, -0.25) is 4.79 Å². The number of carbonyl (C=O) groups excluding carboxylic acids is 1. The highest BCUT2D eigenvalue weighted by atomic mass is 35.5. The summed E-state index contributed by atoms with van der Waals surface area (Å²) in [7, 11) is 0. The third kappa shape index (κ3) is 4.41. The average molecular weight is 327 g/mol. The van der Waals surface area contributed by atoms with Gasteiger partial charge in [0.25, 0.3) is 0 Å². The number of thiophene rings is 1. The van der Waals surface area contributed by atoms with Crippen molar-refractivity contribution in [3.05, 3.63) is 24.5 Å². The van der Waals surface area contributed by atoms with Crippen LogP contribution >= 0.6 is 23.7 Å². The van der Waals surface area contributed by atoms with E-state index in [-0.39, 0.29) is 18.3 Å². The second-order valence-electron chi connectivity index (χ2n) is 4.28. The number of halogens is 1. The minimum atomic E-state index is -0.0649. The van der Waals surface area contributed by atoms with E-state index in [9.17, 15) is 4.79 Å². The zero-order chi connectivity index (χ0) is 14.5. The maximum absolute atomic E-state index is 11.0. The van der Waals surface area contributed by atoms with Gasteiger partial charge in [-0.2, -0.15) is 0 Å². The number of hydrogen-bond acceptors (Lipinski definition) is 5. The molecule has 0 aliphatic rings. The molecule has 0 saturated carbocycles. The van der Waals surface area contributed by atoms with Gasteiger partial charge in [-0.25, -0.2) is 9.97 Å². The van der Waals surface area contributed by atoms with Crippen molar-refractivity contribution in [3.8, 4) is 10.6 Å². The standard InChI is InChI=1S/C14H18N4OS.ClH/c1-4-18(5-2)13-8-11(15-9-16-13)12-6-7-14(20-12)17-10(3)19;/h6-9H,4-5H2,1-3H3,(H,17,19);1H. The highest BCUT2D eigenvalue weighted by Gasteiger charge is 2.09. The molecule has 2 rings (SSSR count). The van der Waals surface area contributed by atoms with Crippen LogP contribution < -0.4 is 10.2 Å². The Morgan fingerprint density at radius 3 is 2.62 bits per heavy atom. The van der Waals surface area contributed by atoms with Crippen molar-refractivity contribution in [2.24, 2.45) is 0 Å². The molecule has 0 fully saturated rings. The van der Waals surface area contributed by atoms with Gasteiger partial charge in [0.2, 0.25) is 5.91 Å². The maximum atomic E-state index is 11.0. The monoisotopic (exact) mass is 326 g/mol. The summed E-state index contributed by atoms with van der Waals surface area (Å²) in [5, 5.41) is 3.61. The Labute approximate surface area is 134 Å². The summed E-state index contributed by atoms with van der Waals surface area (Å²) in [5.74, 6) is 0.861. The van der Waals surface area contributed by atoms with Crippen LogP contribution in [0.2, 0.25) is 0 Å². The summed E-state index contributed by atoms with van der Waals surface area (Å²) in [6.07, 6.45) is 1.58. The smallest absolute Gasteiger partial charge is 0.221 e. The minimum absolute atomic E-state index is 0. The molecular weight excluding hydrogens is 308 g/mol. The Balaban J connectivity index is 0.00000220. The van der Waals surface area contributed by atoms with E-state index < -0.39 is 0 Å². The highest BCUT2D eigenvalue weighted by molar-refractivity contribution is 7.19. The number of nitrogens with zero attached hydrogens (tertiary/aromatic N) is 3. The van der Waals surface area contributed by atoms with Gasteiger partial charge in [-0.15, -0.1) is 23.7 Å². The third-order valence-corrected chi connectivity index (χ3v) is 3.92. The topological polar surface area (TPSA) is 58.1 Å². The average Bonchev–Trinajstić information content (AvgIpc) is 2.88. The van der Waals surface area contributed by atoms with Crippen molar-refractivity contribution in [2.45, 2.75) is 20.8 Å². The van der Waals surface area contributed by atoms with Gasteiger partial charge >= 0.3 is 0 Å². The molecule has 5 nitrogen and oxygen atoms in total. The van der Waals surface area contributed by atoms with Gasteiger partial charge in [-0.05, 0) is 26.0 Å². The summed E-state index contributed by atoms with van der Waals surface area (Å²) >= 11 is 1.51. The molecule has 2 aromatic rings. The Bertz CT molecular complexity index is 598. The molecule has 0 aliphatic carbocycles. The van der Waals surface area contributed by atoms with Crippen molar-refractivity contribution in [1.29, 1.82) is 0 Å². The molecule has 2 heterocycles. The zero-order valence-corrected chi connectivity index (χ0v) is 13.9. The number of carbonyl (C=O) groups is 1. The lowest BCUT2D eigenvalue weighted by Crippen LogP contribution is -2.22. The predicted molar refractivity (Wildman–Crippen MR) is 90.5 cm³/mol. The number of aromatic nitrogens is 2. The number of amides is 1. The molecule has 2 aromatic heterocycles. The summed E-state index contributed by atoms with van der Waals surface area (Å²) in [6, 6.07) is 5.83. The van der Waals surface area contributed by atoms with Crippen LogP contribution in [0.25, 0.3) is 10.6 Å². The Hall–Kier alpha value is -1.66. The Morgan fingerprint density at radius 2 is 2.00 bits per heavy atom. The fourth-order valence-corrected chi connectivity index (χ4v) is 2.84. The summed E-state index contributed by atoms with van der Waals surface area (Å²) in [5.41, 5.74) is 0.878. The molecule has 114 valence electrons. The largest absolute Gasteiger partial charge is 0.357 e. The molecule has 0 bridgehead atoms. The van der Waals surface area contributed by atoms with Gasteiger partial charge in [0.1, 0.15) is 12.1 Å². The van der Waals surface area contributed by atoms with Crippen molar-refractivity contribution in [3.63, 3.8) is 0 Å². The van der Waals surface area contributed by atoms with Crippen molar-refractivity contribution < 1.29 is 4.79 Å². The second kappa shape index (κ2) is 7.95. The van der Waals surface area contributed by atoms with Crippen LogP contribution in [0.3, 0.4) is 0 Å². The van der Waals surface area contributed by atoms with Gasteiger partial charge in [0, 0.05) is 26.1 Å². The molecule has 0 atom stereocenters. The van der Waals surface area contributed by atoms with E-state index in [2.05, 4.69) is 34.0 Å². The van der Waals surface area contributed by atoms with E-state index in [0.717, 1.165) is 34.5 Å². The summed E-state index contributed by atoms with van der Waals surface area (Å²) in [4.78, 5) is 22.9. The molecule has 0 spiro atoms. The molecular formula is C14H19ClN4OS. The zero-order valence-electron chi connectivity index (χ0n) is 12.3. The second-order valence-corrected chi connectivity index (χ2v) is 5.36. The van der Waals surface area contributed by atoms with Crippen LogP contribution in [-0.2, 0) is 4.79 Å². The first kappa shape index (κ1) is 17.4. The normalized spacial score (nSPS) is 9.86. The van der Waals surface area contributed by atoms with Crippen LogP contribution in [0.4, 0.5) is 10.8 Å². The van der Waals surface area contributed by atoms with E-state index in [1.165, 1.54) is 18.3 Å². The van der Waals surface area contributed by atoms with Gasteiger partial charge < -0.3 is 10.2 Å². The molecule has 1 N–H and O–H groups in total. The lowest BCUT2D eigenvalue weighted by Gasteiger charge is -2.19. The molecule has 0 aromatic carbocycles. The molecule has 7 heteroatoms. The van der Waals surface area contributed by atoms with Crippen LogP contribution in [0.15, 0.2) is 24.5 Å². The molecule has 1 amide bonds. The number of nitrogens with one attached hydrogen (secondary N) is 1. The third-order valence-electron chi connectivity index (χ3n) is 2.90. The van der Waals surface area contributed by atoms with Crippen LogP contribution in [0.1, 0.15) is 20.8 Å². The van der Waals surface area contributed by atoms with E-state index in [4.69, 9.17) is 0 Å². The van der Waals surface area contributed by atoms with E-state index in [1.54, 1.807) is 6.33 Å². The van der Waals surface area contributed by atoms with E-state index in [0.29, 0.717) is 0 Å². The molecule has 0 radical (unpaired) electrons. The van der Waals surface area contributed by atoms with Gasteiger partial charge in [0.15, 0.2) is 0 Å². The summed E-state index contributed by atoms with van der Waals surface area (Å²) in [6.45, 7) is 7.53. The van der Waals surface area contributed by atoms with Crippen LogP contribution in [0.5, 0.6) is 0 Å². The maximum Gasteiger partial charge on any atom is 0.221 e. The lowest BCUT2D eigenvalue weighted by molar-refractivity contribution is -0.114. The van der Waals surface area contributed by atoms with Gasteiger partial charge in [0.05, 0.1) is 15.6 Å². The predicted octanol–water partition coefficient (Wildman–Crippen LogP) is 3.43. The number of anilines is 2. The highest BCUT2D eigenvalue weighted by Crippen LogP contribution is 2.31. The number of rotatable bonds is 5. The molecule has 21 heavy (non-hydrogen) atoms. The first-order valence-electron chi connectivity index (χ1n) is 6.58. The molecule has 0 unspecified atom stereocenters. The fourth-order valence-electron chi connectivity index (χ4n) is 1.92. The molecule has 0 saturated heterocycles. The lowest BCUT2D eigenvalue weighted by atomic mass is 10.3. The van der Waals surface area contributed by atoms with E-state index >= 15 is 0 Å². The quantitative estimate of drug-likeness (QED) is 0.914. The van der Waals surface area contributed by atoms with Crippen molar-refractivity contribution in [2.75, 3.05) is 23.3 Å². The van der Waals surface area contributed by atoms with E-state index in [1.807, 2.05) is 18.2 Å². The fraction of sp³-hybridized carbons (Fsp3) is 0.357. The summed E-state index contributed by atoms with van der Waals surface area (Å²) < 4.78 is 0. The van der Waals surface area contributed by atoms with Crippen LogP contribution in [0, 0.1) is 0 Å². The van der Waals surface area contributed by atoms with Crippen molar-refractivity contribution in [1.82, 2.24) is 9.97 Å². The first-order chi connectivity index (χ1) is 9.63. The molecule has 0 aliphatic heterocycles.